The smallest absolute Gasteiger partial charge is 0.123 e. The summed E-state index contributed by atoms with van der Waals surface area (Å²) in [6.45, 7) is 6.48. The second-order valence-corrected chi connectivity index (χ2v) is 3.99. The zero-order valence-electron chi connectivity index (χ0n) is 9.42. The van der Waals surface area contributed by atoms with Crippen molar-refractivity contribution in [1.82, 2.24) is 0 Å². The molecule has 2 heteroatoms. The highest BCUT2D eigenvalue weighted by Crippen LogP contribution is 2.25. The molecule has 0 saturated heterocycles. The number of hydrogen-bond acceptors (Lipinski definition) is 2. The third-order valence-electron chi connectivity index (χ3n) is 2.98. The fraction of sp³-hybridized carbons (Fsp3) is 0.667. The van der Waals surface area contributed by atoms with Crippen LogP contribution in [0.15, 0.2) is 16.7 Å². The highest BCUT2D eigenvalue weighted by molar-refractivity contribution is 5.17. The zero-order valence-corrected chi connectivity index (χ0v) is 9.42. The largest absolute Gasteiger partial charge is 0.467 e. The van der Waals surface area contributed by atoms with Crippen molar-refractivity contribution in [2.45, 2.75) is 46.1 Å². The summed E-state index contributed by atoms with van der Waals surface area (Å²) in [7, 11) is 0. The van der Waals surface area contributed by atoms with E-state index in [0.29, 0.717) is 0 Å². The van der Waals surface area contributed by atoms with Crippen LogP contribution in [0, 0.1) is 12.8 Å². The van der Waals surface area contributed by atoms with Crippen LogP contribution in [0.25, 0.3) is 0 Å². The van der Waals surface area contributed by atoms with E-state index >= 15 is 0 Å². The van der Waals surface area contributed by atoms with Gasteiger partial charge in [-0.05, 0) is 30.9 Å². The monoisotopic (exact) mass is 195 g/mol. The Morgan fingerprint density at radius 2 is 2.00 bits per heavy atom. The van der Waals surface area contributed by atoms with Crippen LogP contribution in [0.1, 0.15) is 50.5 Å². The predicted octanol–water partition coefficient (Wildman–Crippen LogP) is 3.41. The maximum absolute atomic E-state index is 6.10. The molecule has 2 nitrogen and oxygen atoms in total. The average Bonchev–Trinajstić information content (AvgIpc) is 2.60. The third kappa shape index (κ3) is 2.61. The molecule has 0 radical (unpaired) electrons. The first-order chi connectivity index (χ1) is 6.69. The maximum Gasteiger partial charge on any atom is 0.123 e. The standard InChI is InChI=1S/C12H21NO/c1-4-10(5-2)8-11(13)12-9(3)6-7-14-12/h6-7,10-11H,4-5,8,13H2,1-3H3. The van der Waals surface area contributed by atoms with Gasteiger partial charge in [-0.1, -0.05) is 26.7 Å². The molecule has 1 aromatic rings. The van der Waals surface area contributed by atoms with Gasteiger partial charge < -0.3 is 10.2 Å². The van der Waals surface area contributed by atoms with Crippen LogP contribution in [0.2, 0.25) is 0 Å². The highest BCUT2D eigenvalue weighted by Gasteiger charge is 2.16. The minimum atomic E-state index is 0.0647. The van der Waals surface area contributed by atoms with Crippen LogP contribution in [0.4, 0.5) is 0 Å². The Bertz CT molecular complexity index is 263. The molecule has 14 heavy (non-hydrogen) atoms. The van der Waals surface area contributed by atoms with Gasteiger partial charge in [-0.15, -0.1) is 0 Å². The molecule has 1 aromatic heterocycles. The molecule has 1 unspecified atom stereocenters. The van der Waals surface area contributed by atoms with Crippen molar-refractivity contribution in [3.8, 4) is 0 Å². The zero-order chi connectivity index (χ0) is 10.6. The van der Waals surface area contributed by atoms with Crippen molar-refractivity contribution in [3.63, 3.8) is 0 Å². The fourth-order valence-electron chi connectivity index (χ4n) is 1.85. The van der Waals surface area contributed by atoms with Gasteiger partial charge in [0.2, 0.25) is 0 Å². The van der Waals surface area contributed by atoms with Gasteiger partial charge in [0.1, 0.15) is 5.76 Å². The van der Waals surface area contributed by atoms with Crippen LogP contribution in [0.3, 0.4) is 0 Å². The van der Waals surface area contributed by atoms with Crippen LogP contribution >= 0.6 is 0 Å². The minimum absolute atomic E-state index is 0.0647. The van der Waals surface area contributed by atoms with Gasteiger partial charge in [-0.25, -0.2) is 0 Å². The second kappa shape index (κ2) is 5.20. The molecule has 1 heterocycles. The highest BCUT2D eigenvalue weighted by atomic mass is 16.3. The third-order valence-corrected chi connectivity index (χ3v) is 2.98. The topological polar surface area (TPSA) is 39.2 Å². The molecule has 0 aliphatic heterocycles. The molecule has 1 atom stereocenters. The van der Waals surface area contributed by atoms with Gasteiger partial charge in [-0.3, -0.25) is 0 Å². The first-order valence-corrected chi connectivity index (χ1v) is 5.48. The summed E-state index contributed by atoms with van der Waals surface area (Å²) < 4.78 is 5.39. The Kier molecular flexibility index (Phi) is 4.21. The van der Waals surface area contributed by atoms with Gasteiger partial charge in [0.25, 0.3) is 0 Å². The number of furan rings is 1. The van der Waals surface area contributed by atoms with Crippen LogP contribution < -0.4 is 5.73 Å². The van der Waals surface area contributed by atoms with Crippen LogP contribution in [0.5, 0.6) is 0 Å². The molecule has 0 spiro atoms. The van der Waals surface area contributed by atoms with Gasteiger partial charge in [0.05, 0.1) is 12.3 Å². The molecule has 1 rings (SSSR count). The average molecular weight is 195 g/mol. The van der Waals surface area contributed by atoms with E-state index in [1.807, 2.05) is 13.0 Å². The lowest BCUT2D eigenvalue weighted by atomic mass is 9.93. The van der Waals surface area contributed by atoms with Gasteiger partial charge in [0, 0.05) is 0 Å². The summed E-state index contributed by atoms with van der Waals surface area (Å²) in [6, 6.07) is 2.04. The van der Waals surface area contributed by atoms with Crippen LogP contribution in [-0.4, -0.2) is 0 Å². The van der Waals surface area contributed by atoms with E-state index in [0.717, 1.165) is 18.1 Å². The first-order valence-electron chi connectivity index (χ1n) is 5.48. The van der Waals surface area contributed by atoms with Crippen molar-refractivity contribution in [2.24, 2.45) is 11.7 Å². The molecule has 0 fully saturated rings. The summed E-state index contributed by atoms with van der Waals surface area (Å²) in [5.74, 6) is 1.67. The van der Waals surface area contributed by atoms with E-state index in [1.165, 1.54) is 18.4 Å². The summed E-state index contributed by atoms with van der Waals surface area (Å²) in [5, 5.41) is 0. The quantitative estimate of drug-likeness (QED) is 0.782. The molecule has 0 bridgehead atoms. The van der Waals surface area contributed by atoms with Crippen molar-refractivity contribution in [2.75, 3.05) is 0 Å². The van der Waals surface area contributed by atoms with E-state index in [-0.39, 0.29) is 6.04 Å². The molecule has 0 aromatic carbocycles. The number of rotatable bonds is 5. The normalized spacial score (nSPS) is 13.5. The fourth-order valence-corrected chi connectivity index (χ4v) is 1.85. The predicted molar refractivity (Wildman–Crippen MR) is 59.1 cm³/mol. The summed E-state index contributed by atoms with van der Waals surface area (Å²) in [4.78, 5) is 0. The SMILES string of the molecule is CCC(CC)CC(N)c1occc1C. The molecular formula is C12H21NO. The number of aryl methyl sites for hydroxylation is 1. The Hall–Kier alpha value is -0.760. The molecule has 0 amide bonds. The Morgan fingerprint density at radius 1 is 1.36 bits per heavy atom. The van der Waals surface area contributed by atoms with Crippen molar-refractivity contribution >= 4 is 0 Å². The van der Waals surface area contributed by atoms with Crippen molar-refractivity contribution in [3.05, 3.63) is 23.7 Å². The van der Waals surface area contributed by atoms with Gasteiger partial charge in [0.15, 0.2) is 0 Å². The van der Waals surface area contributed by atoms with Gasteiger partial charge >= 0.3 is 0 Å². The lowest BCUT2D eigenvalue weighted by molar-refractivity contribution is 0.370. The van der Waals surface area contributed by atoms with E-state index in [4.69, 9.17) is 10.2 Å². The van der Waals surface area contributed by atoms with Crippen LogP contribution in [-0.2, 0) is 0 Å². The maximum atomic E-state index is 6.10. The molecule has 0 saturated carbocycles. The molecule has 0 aliphatic carbocycles. The van der Waals surface area contributed by atoms with E-state index in [9.17, 15) is 0 Å². The van der Waals surface area contributed by atoms with Crippen molar-refractivity contribution < 1.29 is 4.42 Å². The summed E-state index contributed by atoms with van der Waals surface area (Å²) >= 11 is 0. The summed E-state index contributed by atoms with van der Waals surface area (Å²) in [6.07, 6.45) is 5.15. The second-order valence-electron chi connectivity index (χ2n) is 3.99. The van der Waals surface area contributed by atoms with Crippen molar-refractivity contribution in [1.29, 1.82) is 0 Å². The first kappa shape index (κ1) is 11.3. The lowest BCUT2D eigenvalue weighted by Crippen LogP contribution is -2.15. The molecule has 2 N–H and O–H groups in total. The molecular weight excluding hydrogens is 174 g/mol. The lowest BCUT2D eigenvalue weighted by Gasteiger charge is -2.17. The molecule has 80 valence electrons. The van der Waals surface area contributed by atoms with E-state index in [1.54, 1.807) is 6.26 Å². The Morgan fingerprint density at radius 3 is 2.43 bits per heavy atom. The van der Waals surface area contributed by atoms with E-state index in [2.05, 4.69) is 13.8 Å². The summed E-state index contributed by atoms with van der Waals surface area (Å²) in [5.41, 5.74) is 7.27. The van der Waals surface area contributed by atoms with E-state index < -0.39 is 0 Å². The number of hydrogen-bond donors (Lipinski definition) is 1. The Labute approximate surface area is 86.5 Å². The van der Waals surface area contributed by atoms with Gasteiger partial charge in [-0.2, -0.15) is 0 Å². The molecule has 0 aliphatic rings. The minimum Gasteiger partial charge on any atom is -0.467 e. The Balaban J connectivity index is 2.58. The number of nitrogens with two attached hydrogens (primary N) is 1.